The molecule has 0 aromatic heterocycles. The van der Waals surface area contributed by atoms with Gasteiger partial charge in [0.15, 0.2) is 5.54 Å². The van der Waals surface area contributed by atoms with Gasteiger partial charge in [-0.25, -0.2) is 8.42 Å². The number of nitriles is 1. The number of ether oxygens (including phenoxy) is 2. The summed E-state index contributed by atoms with van der Waals surface area (Å²) in [5.74, 6) is 1.04. The molecule has 1 N–H and O–H groups in total. The summed E-state index contributed by atoms with van der Waals surface area (Å²) in [7, 11) is -3.70. The van der Waals surface area contributed by atoms with Gasteiger partial charge in [0.2, 0.25) is 10.0 Å². The van der Waals surface area contributed by atoms with E-state index in [1.165, 1.54) is 6.92 Å². The number of hydrogen-bond donors (Lipinski definition) is 1. The molecule has 2 aromatic carbocycles. The Hall–Kier alpha value is -2.56. The van der Waals surface area contributed by atoms with Gasteiger partial charge in [0, 0.05) is 0 Å². The third-order valence-electron chi connectivity index (χ3n) is 3.49. The van der Waals surface area contributed by atoms with Gasteiger partial charge < -0.3 is 9.47 Å². The van der Waals surface area contributed by atoms with Crippen molar-refractivity contribution in [1.82, 2.24) is 4.72 Å². The summed E-state index contributed by atoms with van der Waals surface area (Å²) in [6, 6.07) is 17.7. The molecule has 0 spiro atoms. The van der Waals surface area contributed by atoms with E-state index in [-0.39, 0.29) is 12.4 Å². The fraction of sp³-hybridized carbons (Fsp3) is 0.316. The number of nitrogens with one attached hydrogen (secondary N) is 1. The second-order valence-corrected chi connectivity index (χ2v) is 7.71. The summed E-state index contributed by atoms with van der Waals surface area (Å²) in [6.45, 7) is 3.83. The summed E-state index contributed by atoms with van der Waals surface area (Å²) in [5, 5.41) is 9.43. The van der Waals surface area contributed by atoms with E-state index in [4.69, 9.17) is 9.47 Å². The van der Waals surface area contributed by atoms with Gasteiger partial charge in [-0.2, -0.15) is 9.98 Å². The minimum Gasteiger partial charge on any atom is -0.494 e. The van der Waals surface area contributed by atoms with E-state index in [0.717, 1.165) is 0 Å². The number of hydrogen-bond acceptors (Lipinski definition) is 5. The number of sulfonamides is 1. The van der Waals surface area contributed by atoms with Crippen LogP contribution in [0.2, 0.25) is 0 Å². The number of rotatable bonds is 9. The van der Waals surface area contributed by atoms with Crippen LogP contribution in [-0.4, -0.2) is 27.2 Å². The molecule has 2 aromatic rings. The third kappa shape index (κ3) is 6.06. The fourth-order valence-corrected chi connectivity index (χ4v) is 3.78. The lowest BCUT2D eigenvalue weighted by atomic mass is 10.1. The molecule has 0 aliphatic heterocycles. The molecular formula is C19H22N2O4S. The first-order valence-corrected chi connectivity index (χ1v) is 9.83. The Labute approximate surface area is 154 Å². The van der Waals surface area contributed by atoms with Crippen molar-refractivity contribution in [2.75, 3.05) is 13.2 Å². The molecule has 0 heterocycles. The molecule has 2 rings (SSSR count). The van der Waals surface area contributed by atoms with Crippen LogP contribution in [0.15, 0.2) is 54.6 Å². The molecule has 138 valence electrons. The summed E-state index contributed by atoms with van der Waals surface area (Å²) in [6.07, 6.45) is 0. The molecule has 0 fully saturated rings. The second kappa shape index (κ2) is 8.70. The van der Waals surface area contributed by atoms with Crippen molar-refractivity contribution in [3.8, 4) is 17.6 Å². The zero-order valence-corrected chi connectivity index (χ0v) is 15.6. The molecular weight excluding hydrogens is 352 g/mol. The lowest BCUT2D eigenvalue weighted by Gasteiger charge is -2.23. The topological polar surface area (TPSA) is 88.4 Å². The number of nitrogens with zero attached hydrogens (tertiary/aromatic N) is 1. The Kier molecular flexibility index (Phi) is 6.61. The second-order valence-electron chi connectivity index (χ2n) is 5.98. The molecule has 0 radical (unpaired) electrons. The van der Waals surface area contributed by atoms with Crippen molar-refractivity contribution < 1.29 is 17.9 Å². The van der Waals surface area contributed by atoms with Gasteiger partial charge in [0.1, 0.15) is 18.1 Å². The molecule has 0 aliphatic carbocycles. The predicted molar refractivity (Wildman–Crippen MR) is 99.3 cm³/mol. The van der Waals surface area contributed by atoms with Gasteiger partial charge in [0.05, 0.1) is 18.4 Å². The predicted octanol–water partition coefficient (Wildman–Crippen LogP) is 2.87. The zero-order chi connectivity index (χ0) is 19.0. The van der Waals surface area contributed by atoms with Crippen LogP contribution < -0.4 is 14.2 Å². The van der Waals surface area contributed by atoms with Crippen LogP contribution in [0.3, 0.4) is 0 Å². The first kappa shape index (κ1) is 19.8. The van der Waals surface area contributed by atoms with Crippen molar-refractivity contribution in [3.63, 3.8) is 0 Å². The van der Waals surface area contributed by atoms with Crippen molar-refractivity contribution in [1.29, 1.82) is 5.26 Å². The maximum atomic E-state index is 12.4. The quantitative estimate of drug-likeness (QED) is 0.729. The van der Waals surface area contributed by atoms with Crippen LogP contribution in [0.25, 0.3) is 0 Å². The first-order valence-electron chi connectivity index (χ1n) is 8.18. The van der Waals surface area contributed by atoms with E-state index < -0.39 is 15.6 Å². The lowest BCUT2D eigenvalue weighted by Crippen LogP contribution is -2.49. The SMILES string of the molecule is CCOc1ccc(OCC(C)(C#N)NS(=O)(=O)Cc2ccccc2)cc1. The van der Waals surface area contributed by atoms with E-state index in [1.807, 2.05) is 19.1 Å². The maximum Gasteiger partial charge on any atom is 0.217 e. The minimum atomic E-state index is -3.70. The van der Waals surface area contributed by atoms with Crippen molar-refractivity contribution >= 4 is 10.0 Å². The molecule has 1 unspecified atom stereocenters. The standard InChI is InChI=1S/C19H22N2O4S/c1-3-24-17-9-11-18(12-10-17)25-15-19(2,14-20)21-26(22,23)13-16-7-5-4-6-8-16/h4-12,21H,3,13,15H2,1-2H3. The smallest absolute Gasteiger partial charge is 0.217 e. The molecule has 0 bridgehead atoms. The highest BCUT2D eigenvalue weighted by Gasteiger charge is 2.31. The van der Waals surface area contributed by atoms with Crippen molar-refractivity contribution in [2.45, 2.75) is 25.1 Å². The van der Waals surface area contributed by atoms with E-state index in [2.05, 4.69) is 4.72 Å². The Morgan fingerprint density at radius 3 is 2.15 bits per heavy atom. The largest absolute Gasteiger partial charge is 0.494 e. The Morgan fingerprint density at radius 2 is 1.62 bits per heavy atom. The van der Waals surface area contributed by atoms with Crippen LogP contribution in [-0.2, 0) is 15.8 Å². The lowest BCUT2D eigenvalue weighted by molar-refractivity contribution is 0.252. The summed E-state index contributed by atoms with van der Waals surface area (Å²) >= 11 is 0. The minimum absolute atomic E-state index is 0.120. The molecule has 0 saturated heterocycles. The molecule has 7 heteroatoms. The van der Waals surface area contributed by atoms with Gasteiger partial charge >= 0.3 is 0 Å². The third-order valence-corrected chi connectivity index (χ3v) is 4.96. The summed E-state index contributed by atoms with van der Waals surface area (Å²) < 4.78 is 38.1. The van der Waals surface area contributed by atoms with Gasteiger partial charge in [-0.1, -0.05) is 30.3 Å². The number of benzene rings is 2. The summed E-state index contributed by atoms with van der Waals surface area (Å²) in [5.41, 5.74) is -0.737. The maximum absolute atomic E-state index is 12.4. The van der Waals surface area contributed by atoms with E-state index in [0.29, 0.717) is 23.7 Å². The first-order chi connectivity index (χ1) is 12.4. The van der Waals surface area contributed by atoms with Gasteiger partial charge in [-0.05, 0) is 43.7 Å². The molecule has 0 amide bonds. The van der Waals surface area contributed by atoms with Gasteiger partial charge in [0.25, 0.3) is 0 Å². The average Bonchev–Trinajstić information content (AvgIpc) is 2.61. The van der Waals surface area contributed by atoms with Crippen LogP contribution in [0, 0.1) is 11.3 Å². The van der Waals surface area contributed by atoms with E-state index >= 15 is 0 Å². The Morgan fingerprint density at radius 1 is 1.04 bits per heavy atom. The summed E-state index contributed by atoms with van der Waals surface area (Å²) in [4.78, 5) is 0. The molecule has 6 nitrogen and oxygen atoms in total. The van der Waals surface area contributed by atoms with Crippen molar-refractivity contribution in [3.05, 3.63) is 60.2 Å². The van der Waals surface area contributed by atoms with Gasteiger partial charge in [-0.15, -0.1) is 0 Å². The van der Waals surface area contributed by atoms with Crippen LogP contribution in [0.1, 0.15) is 19.4 Å². The highest BCUT2D eigenvalue weighted by molar-refractivity contribution is 7.88. The van der Waals surface area contributed by atoms with Crippen LogP contribution in [0.4, 0.5) is 0 Å². The Balaban J connectivity index is 1.99. The fourth-order valence-electron chi connectivity index (χ4n) is 2.28. The monoisotopic (exact) mass is 374 g/mol. The van der Waals surface area contributed by atoms with Crippen LogP contribution >= 0.6 is 0 Å². The normalized spacial score (nSPS) is 13.4. The zero-order valence-electron chi connectivity index (χ0n) is 14.8. The van der Waals surface area contributed by atoms with E-state index in [9.17, 15) is 13.7 Å². The van der Waals surface area contributed by atoms with Crippen molar-refractivity contribution in [2.24, 2.45) is 0 Å². The molecule has 0 aliphatic rings. The molecule has 0 saturated carbocycles. The van der Waals surface area contributed by atoms with Crippen LogP contribution in [0.5, 0.6) is 11.5 Å². The highest BCUT2D eigenvalue weighted by Crippen LogP contribution is 2.19. The highest BCUT2D eigenvalue weighted by atomic mass is 32.2. The Bertz CT molecular complexity index is 845. The van der Waals surface area contributed by atoms with Gasteiger partial charge in [-0.3, -0.25) is 0 Å². The average molecular weight is 374 g/mol. The molecule has 26 heavy (non-hydrogen) atoms. The molecule has 1 atom stereocenters. The van der Waals surface area contributed by atoms with E-state index in [1.54, 1.807) is 48.5 Å².